The number of imide groups is 1. The molecule has 3 aromatic rings. The van der Waals surface area contributed by atoms with Crippen molar-refractivity contribution in [2.45, 2.75) is 0 Å². The summed E-state index contributed by atoms with van der Waals surface area (Å²) in [5.41, 5.74) is 0.281. The summed E-state index contributed by atoms with van der Waals surface area (Å²) in [6.45, 7) is 0. The van der Waals surface area contributed by atoms with E-state index in [2.05, 4.69) is 5.32 Å². The highest BCUT2D eigenvalue weighted by atomic mass is 19.1. The van der Waals surface area contributed by atoms with E-state index >= 15 is 0 Å². The highest BCUT2D eigenvalue weighted by molar-refractivity contribution is 6.08. The first-order chi connectivity index (χ1) is 13.0. The fourth-order valence-corrected chi connectivity index (χ4v) is 2.47. The SMILES string of the molecule is N#Cc1cc(NC(=O)NC(=O)c2c(F)cccc2F)ccc1-n1cccc1. The first kappa shape index (κ1) is 17.8. The summed E-state index contributed by atoms with van der Waals surface area (Å²) >= 11 is 0. The van der Waals surface area contributed by atoms with Crippen LogP contribution in [0.4, 0.5) is 19.3 Å². The number of hydrogen-bond acceptors (Lipinski definition) is 3. The fraction of sp³-hybridized carbons (Fsp3) is 0. The van der Waals surface area contributed by atoms with Crippen molar-refractivity contribution in [3.05, 3.63) is 83.7 Å². The van der Waals surface area contributed by atoms with Crippen LogP contribution in [0.2, 0.25) is 0 Å². The van der Waals surface area contributed by atoms with E-state index in [-0.39, 0.29) is 11.3 Å². The zero-order valence-electron chi connectivity index (χ0n) is 13.7. The highest BCUT2D eigenvalue weighted by Crippen LogP contribution is 2.19. The van der Waals surface area contributed by atoms with E-state index in [1.54, 1.807) is 35.2 Å². The van der Waals surface area contributed by atoms with Gasteiger partial charge in [-0.2, -0.15) is 5.26 Å². The van der Waals surface area contributed by atoms with Gasteiger partial charge >= 0.3 is 6.03 Å². The topological polar surface area (TPSA) is 86.9 Å². The Labute approximate surface area is 152 Å². The standard InChI is InChI=1S/C19H12F2N4O2/c20-14-4-3-5-15(21)17(14)18(26)24-19(27)23-13-6-7-16(12(10-13)11-22)25-8-1-2-9-25/h1-10H,(H2,23,24,26,27). The molecule has 1 aromatic heterocycles. The maximum Gasteiger partial charge on any atom is 0.326 e. The van der Waals surface area contributed by atoms with Crippen LogP contribution in [0.5, 0.6) is 0 Å². The molecule has 0 atom stereocenters. The van der Waals surface area contributed by atoms with Gasteiger partial charge < -0.3 is 9.88 Å². The van der Waals surface area contributed by atoms with Crippen LogP contribution in [0.25, 0.3) is 5.69 Å². The Morgan fingerprint density at radius 1 is 1.00 bits per heavy atom. The van der Waals surface area contributed by atoms with Crippen LogP contribution in [0.15, 0.2) is 60.9 Å². The van der Waals surface area contributed by atoms with Crippen molar-refractivity contribution in [2.75, 3.05) is 5.32 Å². The number of carbonyl (C=O) groups is 2. The lowest BCUT2D eigenvalue weighted by Crippen LogP contribution is -2.35. The minimum Gasteiger partial charge on any atom is -0.323 e. The van der Waals surface area contributed by atoms with Crippen molar-refractivity contribution in [3.63, 3.8) is 0 Å². The highest BCUT2D eigenvalue weighted by Gasteiger charge is 2.19. The summed E-state index contributed by atoms with van der Waals surface area (Å²) in [5, 5.41) is 13.5. The number of nitrogens with zero attached hydrogens (tertiary/aromatic N) is 2. The van der Waals surface area contributed by atoms with E-state index in [1.165, 1.54) is 12.1 Å². The van der Waals surface area contributed by atoms with Gasteiger partial charge in [0, 0.05) is 18.1 Å². The van der Waals surface area contributed by atoms with Gasteiger partial charge in [-0.05, 0) is 42.5 Å². The van der Waals surface area contributed by atoms with E-state index in [4.69, 9.17) is 0 Å². The summed E-state index contributed by atoms with van der Waals surface area (Å²) in [4.78, 5) is 23.9. The normalized spacial score (nSPS) is 10.1. The van der Waals surface area contributed by atoms with Crippen LogP contribution in [0.3, 0.4) is 0 Å². The second-order valence-corrected chi connectivity index (χ2v) is 5.44. The van der Waals surface area contributed by atoms with Crippen molar-refractivity contribution in [2.24, 2.45) is 0 Å². The molecule has 3 amide bonds. The number of nitriles is 1. The Morgan fingerprint density at radius 3 is 2.30 bits per heavy atom. The average molecular weight is 366 g/mol. The Balaban J connectivity index is 1.75. The summed E-state index contributed by atoms with van der Waals surface area (Å²) in [5.74, 6) is -3.38. The number of benzene rings is 2. The molecule has 0 fully saturated rings. The molecule has 0 saturated heterocycles. The van der Waals surface area contributed by atoms with Gasteiger partial charge in [0.2, 0.25) is 0 Å². The molecule has 0 aliphatic heterocycles. The predicted molar refractivity (Wildman–Crippen MR) is 93.3 cm³/mol. The molecule has 2 aromatic carbocycles. The lowest BCUT2D eigenvalue weighted by atomic mass is 10.1. The van der Waals surface area contributed by atoms with E-state index in [9.17, 15) is 23.6 Å². The zero-order chi connectivity index (χ0) is 19.4. The lowest BCUT2D eigenvalue weighted by Gasteiger charge is -2.10. The van der Waals surface area contributed by atoms with Gasteiger partial charge in [-0.1, -0.05) is 6.07 Å². The molecule has 8 heteroatoms. The number of amides is 3. The molecule has 0 bridgehead atoms. The summed E-state index contributed by atoms with van der Waals surface area (Å²) in [7, 11) is 0. The van der Waals surface area contributed by atoms with Gasteiger partial charge in [-0.3, -0.25) is 10.1 Å². The third kappa shape index (κ3) is 3.82. The fourth-order valence-electron chi connectivity index (χ4n) is 2.47. The minimum absolute atomic E-state index is 0.238. The van der Waals surface area contributed by atoms with E-state index in [0.29, 0.717) is 5.69 Å². The Bertz CT molecular complexity index is 1040. The van der Waals surface area contributed by atoms with E-state index < -0.39 is 29.1 Å². The number of halogens is 2. The van der Waals surface area contributed by atoms with Crippen LogP contribution < -0.4 is 10.6 Å². The number of rotatable bonds is 3. The second-order valence-electron chi connectivity index (χ2n) is 5.44. The maximum atomic E-state index is 13.6. The zero-order valence-corrected chi connectivity index (χ0v) is 13.7. The number of hydrogen-bond donors (Lipinski definition) is 2. The molecule has 0 spiro atoms. The van der Waals surface area contributed by atoms with Gasteiger partial charge in [0.25, 0.3) is 5.91 Å². The van der Waals surface area contributed by atoms with Crippen molar-refractivity contribution in [1.29, 1.82) is 5.26 Å². The lowest BCUT2D eigenvalue weighted by molar-refractivity contribution is 0.0959. The second kappa shape index (κ2) is 7.49. The molecule has 0 aliphatic carbocycles. The molecule has 0 aliphatic rings. The summed E-state index contributed by atoms with van der Waals surface area (Å²) in [6.07, 6.45) is 3.52. The van der Waals surface area contributed by atoms with Crippen LogP contribution in [0, 0.1) is 23.0 Å². The number of aromatic nitrogens is 1. The largest absolute Gasteiger partial charge is 0.326 e. The molecule has 27 heavy (non-hydrogen) atoms. The van der Waals surface area contributed by atoms with Gasteiger partial charge in [-0.15, -0.1) is 0 Å². The van der Waals surface area contributed by atoms with Crippen molar-refractivity contribution < 1.29 is 18.4 Å². The number of nitrogens with one attached hydrogen (secondary N) is 2. The number of carbonyl (C=O) groups excluding carboxylic acids is 2. The molecule has 0 saturated carbocycles. The summed E-state index contributed by atoms with van der Waals surface area (Å²) in [6, 6.07) is 12.1. The first-order valence-corrected chi connectivity index (χ1v) is 7.73. The minimum atomic E-state index is -1.22. The Hall–Kier alpha value is -3.99. The molecule has 3 rings (SSSR count). The number of anilines is 1. The van der Waals surface area contributed by atoms with Crippen molar-refractivity contribution >= 4 is 17.6 Å². The van der Waals surface area contributed by atoms with Crippen molar-refractivity contribution in [3.8, 4) is 11.8 Å². The Kier molecular flexibility index (Phi) is 4.95. The monoisotopic (exact) mass is 366 g/mol. The molecular formula is C19H12F2N4O2. The molecule has 6 nitrogen and oxygen atoms in total. The van der Waals surface area contributed by atoms with Gasteiger partial charge in [0.05, 0.1) is 11.3 Å². The van der Waals surface area contributed by atoms with Gasteiger partial charge in [0.15, 0.2) is 0 Å². The van der Waals surface area contributed by atoms with E-state index in [1.807, 2.05) is 11.4 Å². The maximum absolute atomic E-state index is 13.6. The van der Waals surface area contributed by atoms with Crippen LogP contribution in [-0.4, -0.2) is 16.5 Å². The smallest absolute Gasteiger partial charge is 0.323 e. The first-order valence-electron chi connectivity index (χ1n) is 7.73. The Morgan fingerprint density at radius 2 is 1.67 bits per heavy atom. The average Bonchev–Trinajstić information content (AvgIpc) is 3.15. The molecule has 0 radical (unpaired) electrons. The molecule has 134 valence electrons. The van der Waals surface area contributed by atoms with Crippen molar-refractivity contribution in [1.82, 2.24) is 9.88 Å². The predicted octanol–water partition coefficient (Wildman–Crippen LogP) is 3.59. The van der Waals surface area contributed by atoms with Crippen LogP contribution >= 0.6 is 0 Å². The molecule has 0 unspecified atom stereocenters. The van der Waals surface area contributed by atoms with Gasteiger partial charge in [-0.25, -0.2) is 13.6 Å². The molecule has 2 N–H and O–H groups in total. The number of urea groups is 1. The molecule has 1 heterocycles. The van der Waals surface area contributed by atoms with Crippen LogP contribution in [0.1, 0.15) is 15.9 Å². The third-order valence-corrected chi connectivity index (χ3v) is 3.67. The third-order valence-electron chi connectivity index (χ3n) is 3.67. The molecular weight excluding hydrogens is 354 g/mol. The quantitative estimate of drug-likeness (QED) is 0.743. The van der Waals surface area contributed by atoms with Gasteiger partial charge in [0.1, 0.15) is 23.3 Å². The summed E-state index contributed by atoms with van der Waals surface area (Å²) < 4.78 is 28.9. The van der Waals surface area contributed by atoms with E-state index in [0.717, 1.165) is 18.2 Å². The van der Waals surface area contributed by atoms with Crippen LogP contribution in [-0.2, 0) is 0 Å².